The molecule has 2 aliphatic heterocycles. The van der Waals surface area contributed by atoms with Crippen LogP contribution in [0.5, 0.6) is 0 Å². The number of hydrogen-bond acceptors (Lipinski definition) is 3. The quantitative estimate of drug-likeness (QED) is 0.795. The molecular weight excluding hydrogens is 260 g/mol. The molecule has 4 heteroatoms. The van der Waals surface area contributed by atoms with Crippen LogP contribution >= 0.6 is 11.6 Å². The fourth-order valence-electron chi connectivity index (χ4n) is 3.26. The van der Waals surface area contributed by atoms with Gasteiger partial charge in [-0.3, -0.25) is 4.90 Å². The van der Waals surface area contributed by atoms with Gasteiger partial charge in [0.25, 0.3) is 0 Å². The van der Waals surface area contributed by atoms with Gasteiger partial charge in [-0.15, -0.1) is 0 Å². The van der Waals surface area contributed by atoms with E-state index in [1.807, 2.05) is 0 Å². The Morgan fingerprint density at radius 2 is 2.16 bits per heavy atom. The molecule has 0 amide bonds. The van der Waals surface area contributed by atoms with Gasteiger partial charge in [-0.25, -0.2) is 4.98 Å². The van der Waals surface area contributed by atoms with Crippen LogP contribution in [0.3, 0.4) is 0 Å². The van der Waals surface area contributed by atoms with E-state index in [1.54, 1.807) is 0 Å². The molecule has 0 unspecified atom stereocenters. The van der Waals surface area contributed by atoms with E-state index in [0.29, 0.717) is 11.8 Å². The van der Waals surface area contributed by atoms with Crippen molar-refractivity contribution in [1.29, 1.82) is 0 Å². The molecule has 3 heterocycles. The molecule has 102 valence electrons. The first kappa shape index (κ1) is 12.1. The van der Waals surface area contributed by atoms with Crippen molar-refractivity contribution in [3.8, 4) is 0 Å². The van der Waals surface area contributed by atoms with E-state index in [1.165, 1.54) is 37.1 Å². The molecule has 1 aromatic rings. The number of rotatable bonds is 3. The maximum absolute atomic E-state index is 6.32. The second kappa shape index (κ2) is 4.72. The Labute approximate surface area is 118 Å². The van der Waals surface area contributed by atoms with Crippen molar-refractivity contribution in [2.24, 2.45) is 11.8 Å². The number of ether oxygens (including phenoxy) is 1. The summed E-state index contributed by atoms with van der Waals surface area (Å²) in [5.74, 6) is 1.98. The van der Waals surface area contributed by atoms with Crippen molar-refractivity contribution in [2.45, 2.75) is 32.4 Å². The lowest BCUT2D eigenvalue weighted by atomic mass is 9.94. The zero-order valence-corrected chi connectivity index (χ0v) is 11.8. The summed E-state index contributed by atoms with van der Waals surface area (Å²) in [6.07, 6.45) is 3.80. The monoisotopic (exact) mass is 278 g/mol. The predicted octanol–water partition coefficient (Wildman–Crippen LogP) is 2.65. The third kappa shape index (κ3) is 2.39. The highest BCUT2D eigenvalue weighted by Crippen LogP contribution is 2.41. The molecule has 0 N–H and O–H groups in total. The number of pyridine rings is 1. The van der Waals surface area contributed by atoms with Crippen LogP contribution in [0.25, 0.3) is 0 Å². The van der Waals surface area contributed by atoms with Crippen LogP contribution in [0, 0.1) is 11.8 Å². The SMILES string of the molecule is Clc1nc2c(cc1CN1CC(C3CC3)C1)COCC2. The van der Waals surface area contributed by atoms with E-state index in [0.717, 1.165) is 37.1 Å². The third-order valence-electron chi connectivity index (χ3n) is 4.63. The maximum Gasteiger partial charge on any atom is 0.133 e. The van der Waals surface area contributed by atoms with Crippen LogP contribution in [0.15, 0.2) is 6.07 Å². The molecule has 1 aliphatic carbocycles. The topological polar surface area (TPSA) is 25.4 Å². The summed E-state index contributed by atoms with van der Waals surface area (Å²) in [6.45, 7) is 4.90. The summed E-state index contributed by atoms with van der Waals surface area (Å²) < 4.78 is 5.50. The van der Waals surface area contributed by atoms with Gasteiger partial charge in [0.2, 0.25) is 0 Å². The molecular formula is C15H19ClN2O. The normalized spacial score (nSPS) is 24.1. The molecule has 0 atom stereocenters. The van der Waals surface area contributed by atoms with E-state index < -0.39 is 0 Å². The van der Waals surface area contributed by atoms with E-state index in [9.17, 15) is 0 Å². The van der Waals surface area contributed by atoms with Crippen LogP contribution in [-0.2, 0) is 24.3 Å². The zero-order chi connectivity index (χ0) is 12.8. The Balaban J connectivity index is 1.45. The fourth-order valence-corrected chi connectivity index (χ4v) is 3.48. The zero-order valence-electron chi connectivity index (χ0n) is 11.1. The van der Waals surface area contributed by atoms with Gasteiger partial charge >= 0.3 is 0 Å². The summed E-state index contributed by atoms with van der Waals surface area (Å²) in [7, 11) is 0. The van der Waals surface area contributed by atoms with Gasteiger partial charge in [0.1, 0.15) is 5.15 Å². The third-order valence-corrected chi connectivity index (χ3v) is 4.95. The van der Waals surface area contributed by atoms with Crippen LogP contribution in [0.2, 0.25) is 5.15 Å². The van der Waals surface area contributed by atoms with Gasteiger partial charge in [-0.2, -0.15) is 0 Å². The molecule has 1 saturated heterocycles. The molecule has 0 aromatic carbocycles. The highest BCUT2D eigenvalue weighted by molar-refractivity contribution is 6.30. The minimum atomic E-state index is 0.690. The van der Waals surface area contributed by atoms with Crippen LogP contribution < -0.4 is 0 Å². The van der Waals surface area contributed by atoms with Crippen LogP contribution in [0.1, 0.15) is 29.7 Å². The lowest BCUT2D eigenvalue weighted by Crippen LogP contribution is -2.46. The van der Waals surface area contributed by atoms with Gasteiger partial charge in [-0.1, -0.05) is 11.6 Å². The number of fused-ring (bicyclic) bond motifs is 1. The number of aromatic nitrogens is 1. The average Bonchev–Trinajstić information content (AvgIpc) is 3.17. The maximum atomic E-state index is 6.32. The van der Waals surface area contributed by atoms with Gasteiger partial charge in [0.15, 0.2) is 0 Å². The summed E-state index contributed by atoms with van der Waals surface area (Å²) in [5, 5.41) is 0.690. The number of halogens is 1. The molecule has 3 aliphatic rings. The first-order valence-corrected chi connectivity index (χ1v) is 7.64. The first-order valence-electron chi connectivity index (χ1n) is 7.27. The van der Waals surface area contributed by atoms with Crippen molar-refractivity contribution in [1.82, 2.24) is 9.88 Å². The predicted molar refractivity (Wildman–Crippen MR) is 74.1 cm³/mol. The highest BCUT2D eigenvalue weighted by atomic mass is 35.5. The number of hydrogen-bond donors (Lipinski definition) is 0. The summed E-state index contributed by atoms with van der Waals surface area (Å²) in [5.41, 5.74) is 3.52. The number of likely N-dealkylation sites (tertiary alicyclic amines) is 1. The van der Waals surface area contributed by atoms with E-state index in [-0.39, 0.29) is 0 Å². The van der Waals surface area contributed by atoms with E-state index in [4.69, 9.17) is 16.3 Å². The molecule has 2 fully saturated rings. The molecule has 1 saturated carbocycles. The minimum Gasteiger partial charge on any atom is -0.376 e. The molecule has 0 spiro atoms. The summed E-state index contributed by atoms with van der Waals surface area (Å²) in [4.78, 5) is 7.04. The highest BCUT2D eigenvalue weighted by Gasteiger charge is 2.39. The number of nitrogens with zero attached hydrogens (tertiary/aromatic N) is 2. The van der Waals surface area contributed by atoms with Gasteiger partial charge < -0.3 is 4.74 Å². The first-order chi connectivity index (χ1) is 9.29. The lowest BCUT2D eigenvalue weighted by Gasteiger charge is -2.39. The van der Waals surface area contributed by atoms with Gasteiger partial charge in [0, 0.05) is 37.3 Å². The standard InChI is InChI=1S/C15H19ClN2O/c16-15-11(5-12-9-19-4-3-14(12)17-15)6-18-7-13(8-18)10-1-2-10/h5,10,13H,1-4,6-9H2. The average molecular weight is 279 g/mol. The van der Waals surface area contributed by atoms with Crippen molar-refractivity contribution < 1.29 is 4.74 Å². The molecule has 1 aromatic heterocycles. The molecule has 0 bridgehead atoms. The smallest absolute Gasteiger partial charge is 0.133 e. The second-order valence-electron chi connectivity index (χ2n) is 6.14. The lowest BCUT2D eigenvalue weighted by molar-refractivity contribution is 0.0771. The van der Waals surface area contributed by atoms with Crippen LogP contribution in [0.4, 0.5) is 0 Å². The largest absolute Gasteiger partial charge is 0.376 e. The Morgan fingerprint density at radius 3 is 2.95 bits per heavy atom. The molecule has 4 rings (SSSR count). The van der Waals surface area contributed by atoms with E-state index >= 15 is 0 Å². The Kier molecular flexibility index (Phi) is 3.02. The Hall–Kier alpha value is -0.640. The summed E-state index contributed by atoms with van der Waals surface area (Å²) >= 11 is 6.32. The van der Waals surface area contributed by atoms with Crippen molar-refractivity contribution >= 4 is 11.6 Å². The second-order valence-corrected chi connectivity index (χ2v) is 6.50. The Morgan fingerprint density at radius 1 is 1.32 bits per heavy atom. The Bertz CT molecular complexity index is 495. The van der Waals surface area contributed by atoms with Crippen LogP contribution in [-0.4, -0.2) is 29.6 Å². The van der Waals surface area contributed by atoms with Gasteiger partial charge in [0.05, 0.1) is 13.2 Å². The molecule has 0 radical (unpaired) electrons. The van der Waals surface area contributed by atoms with Crippen molar-refractivity contribution in [2.75, 3.05) is 19.7 Å². The van der Waals surface area contributed by atoms with Crippen molar-refractivity contribution in [3.05, 3.63) is 28.0 Å². The van der Waals surface area contributed by atoms with E-state index in [2.05, 4.69) is 16.0 Å². The minimum absolute atomic E-state index is 0.690. The molecule has 19 heavy (non-hydrogen) atoms. The van der Waals surface area contributed by atoms with Gasteiger partial charge in [-0.05, 0) is 36.3 Å². The fraction of sp³-hybridized carbons (Fsp3) is 0.667. The molecule has 3 nitrogen and oxygen atoms in total. The van der Waals surface area contributed by atoms with Crippen molar-refractivity contribution in [3.63, 3.8) is 0 Å². The summed E-state index contributed by atoms with van der Waals surface area (Å²) in [6, 6.07) is 2.20.